The lowest BCUT2D eigenvalue weighted by Crippen LogP contribution is -2.43. The third-order valence-electron chi connectivity index (χ3n) is 4.24. The van der Waals surface area contributed by atoms with Gasteiger partial charge in [0.1, 0.15) is 17.6 Å². The highest BCUT2D eigenvalue weighted by molar-refractivity contribution is 5.82. The Kier molecular flexibility index (Phi) is 6.14. The molecule has 138 valence electrons. The van der Waals surface area contributed by atoms with Crippen LogP contribution in [0, 0.1) is 5.82 Å². The summed E-state index contributed by atoms with van der Waals surface area (Å²) in [5.41, 5.74) is 7.08. The maximum Gasteiger partial charge on any atom is 0.238 e. The molecule has 3 N–H and O–H groups in total. The van der Waals surface area contributed by atoms with Gasteiger partial charge in [0, 0.05) is 24.8 Å². The van der Waals surface area contributed by atoms with Gasteiger partial charge < -0.3 is 10.1 Å². The number of benzene rings is 1. The van der Waals surface area contributed by atoms with Crippen molar-refractivity contribution in [2.45, 2.75) is 44.8 Å². The fourth-order valence-corrected chi connectivity index (χ4v) is 2.88. The maximum absolute atomic E-state index is 12.9. The number of carbonyl (C=O) groups excluding carboxylic acids is 1. The van der Waals surface area contributed by atoms with Gasteiger partial charge in [0.15, 0.2) is 0 Å². The maximum atomic E-state index is 12.9. The van der Waals surface area contributed by atoms with Crippen LogP contribution in [0.15, 0.2) is 42.6 Å². The molecule has 0 spiro atoms. The van der Waals surface area contributed by atoms with Gasteiger partial charge in [-0.1, -0.05) is 13.3 Å². The molecule has 0 aliphatic carbocycles. The summed E-state index contributed by atoms with van der Waals surface area (Å²) < 4.78 is 18.5. The lowest BCUT2D eigenvalue weighted by atomic mass is 10.1. The molecular weight excluding hydrogens is 335 g/mol. The summed E-state index contributed by atoms with van der Waals surface area (Å²) in [4.78, 5) is 16.4. The minimum absolute atomic E-state index is 0.0334. The van der Waals surface area contributed by atoms with Crippen LogP contribution in [0.5, 0.6) is 11.6 Å². The second kappa shape index (κ2) is 8.73. The molecule has 3 rings (SSSR count). The number of amides is 1. The van der Waals surface area contributed by atoms with E-state index in [9.17, 15) is 9.18 Å². The number of hydrogen-bond acceptors (Lipinski definition) is 5. The van der Waals surface area contributed by atoms with E-state index in [4.69, 9.17) is 4.74 Å². The molecule has 2 unspecified atom stereocenters. The van der Waals surface area contributed by atoms with E-state index in [0.29, 0.717) is 24.2 Å². The van der Waals surface area contributed by atoms with Crippen molar-refractivity contribution in [2.75, 3.05) is 0 Å². The molecule has 26 heavy (non-hydrogen) atoms. The van der Waals surface area contributed by atoms with Crippen LogP contribution >= 0.6 is 0 Å². The van der Waals surface area contributed by atoms with Gasteiger partial charge in [-0.25, -0.2) is 14.8 Å². The van der Waals surface area contributed by atoms with Crippen molar-refractivity contribution in [2.24, 2.45) is 0 Å². The largest absolute Gasteiger partial charge is 0.439 e. The number of nitrogens with zero attached hydrogens (tertiary/aromatic N) is 1. The summed E-state index contributed by atoms with van der Waals surface area (Å²) in [5.74, 6) is 0.544. The summed E-state index contributed by atoms with van der Waals surface area (Å²) >= 11 is 0. The minimum Gasteiger partial charge on any atom is -0.439 e. The lowest BCUT2D eigenvalue weighted by molar-refractivity contribution is -0.123. The fraction of sp³-hybridized carbons (Fsp3) is 0.368. The Morgan fingerprint density at radius 1 is 1.31 bits per heavy atom. The van der Waals surface area contributed by atoms with Crippen LogP contribution < -0.4 is 20.9 Å². The number of hydrogen-bond donors (Lipinski definition) is 3. The van der Waals surface area contributed by atoms with E-state index in [1.54, 1.807) is 12.3 Å². The molecule has 0 bridgehead atoms. The van der Waals surface area contributed by atoms with E-state index in [0.717, 1.165) is 24.8 Å². The topological polar surface area (TPSA) is 75.3 Å². The van der Waals surface area contributed by atoms with E-state index >= 15 is 0 Å². The number of halogens is 1. The van der Waals surface area contributed by atoms with Crippen LogP contribution in [0.25, 0.3) is 0 Å². The van der Waals surface area contributed by atoms with Crippen LogP contribution in [0.3, 0.4) is 0 Å². The standard InChI is InChI=1S/C19H23FN4O2/c1-2-3-15-11-17(24-23-15)19(25)22-12-13-8-9-21-18(10-13)26-16-6-4-14(20)5-7-16/h4-10,15,17,23-24H,2-3,11-12H2,1H3,(H,22,25). The van der Waals surface area contributed by atoms with Crippen LogP contribution in [0.1, 0.15) is 31.7 Å². The Hall–Kier alpha value is -2.51. The van der Waals surface area contributed by atoms with Crippen molar-refractivity contribution in [3.63, 3.8) is 0 Å². The van der Waals surface area contributed by atoms with E-state index in [1.165, 1.54) is 24.3 Å². The summed E-state index contributed by atoms with van der Waals surface area (Å²) in [7, 11) is 0. The van der Waals surface area contributed by atoms with Gasteiger partial charge in [-0.3, -0.25) is 10.2 Å². The van der Waals surface area contributed by atoms with Gasteiger partial charge in [0.25, 0.3) is 0 Å². The number of hydrazine groups is 1. The molecule has 2 atom stereocenters. The number of nitrogens with one attached hydrogen (secondary N) is 3. The Morgan fingerprint density at radius 2 is 2.12 bits per heavy atom. The van der Waals surface area contributed by atoms with Gasteiger partial charge in [0.05, 0.1) is 0 Å². The molecule has 1 aromatic carbocycles. The number of aromatic nitrogens is 1. The van der Waals surface area contributed by atoms with E-state index in [1.807, 2.05) is 6.07 Å². The molecule has 7 heteroatoms. The third-order valence-corrected chi connectivity index (χ3v) is 4.24. The molecule has 0 radical (unpaired) electrons. The molecular formula is C19H23FN4O2. The van der Waals surface area contributed by atoms with Gasteiger partial charge in [-0.2, -0.15) is 0 Å². The Morgan fingerprint density at radius 3 is 2.88 bits per heavy atom. The molecule has 2 aromatic rings. The molecule has 1 saturated heterocycles. The zero-order chi connectivity index (χ0) is 18.4. The molecule has 1 aliphatic heterocycles. The molecule has 1 fully saturated rings. The van der Waals surface area contributed by atoms with Gasteiger partial charge in [-0.15, -0.1) is 0 Å². The molecule has 1 aliphatic rings. The normalized spacial score (nSPS) is 19.3. The molecule has 2 heterocycles. The summed E-state index contributed by atoms with van der Waals surface area (Å²) in [6.07, 6.45) is 4.54. The second-order valence-corrected chi connectivity index (χ2v) is 6.34. The van der Waals surface area contributed by atoms with E-state index in [-0.39, 0.29) is 17.8 Å². The van der Waals surface area contributed by atoms with Gasteiger partial charge in [-0.05, 0) is 48.7 Å². The van der Waals surface area contributed by atoms with Gasteiger partial charge >= 0.3 is 0 Å². The van der Waals surface area contributed by atoms with Crippen molar-refractivity contribution in [1.82, 2.24) is 21.2 Å². The molecule has 6 nitrogen and oxygen atoms in total. The number of pyridine rings is 1. The molecule has 1 amide bonds. The van der Waals surface area contributed by atoms with Crippen molar-refractivity contribution in [3.8, 4) is 11.6 Å². The van der Waals surface area contributed by atoms with Crippen LogP contribution in [-0.4, -0.2) is 23.0 Å². The number of carbonyl (C=O) groups is 1. The smallest absolute Gasteiger partial charge is 0.238 e. The Labute approximate surface area is 152 Å². The van der Waals surface area contributed by atoms with Crippen molar-refractivity contribution in [1.29, 1.82) is 0 Å². The lowest BCUT2D eigenvalue weighted by Gasteiger charge is -2.11. The first kappa shape index (κ1) is 18.3. The number of rotatable bonds is 7. The highest BCUT2D eigenvalue weighted by Gasteiger charge is 2.28. The van der Waals surface area contributed by atoms with Crippen molar-refractivity contribution >= 4 is 5.91 Å². The first-order chi connectivity index (χ1) is 12.6. The number of ether oxygens (including phenoxy) is 1. The quantitative estimate of drug-likeness (QED) is 0.710. The Balaban J connectivity index is 1.52. The van der Waals surface area contributed by atoms with Crippen molar-refractivity contribution in [3.05, 3.63) is 54.0 Å². The van der Waals surface area contributed by atoms with Crippen LogP contribution in [0.4, 0.5) is 4.39 Å². The zero-order valence-corrected chi connectivity index (χ0v) is 14.7. The van der Waals surface area contributed by atoms with Crippen LogP contribution in [0.2, 0.25) is 0 Å². The third kappa shape index (κ3) is 5.00. The first-order valence-corrected chi connectivity index (χ1v) is 8.81. The SMILES string of the molecule is CCCC1CC(C(=O)NCc2ccnc(Oc3ccc(F)cc3)c2)NN1. The summed E-state index contributed by atoms with van der Waals surface area (Å²) in [6.45, 7) is 2.52. The van der Waals surface area contributed by atoms with E-state index < -0.39 is 0 Å². The monoisotopic (exact) mass is 358 g/mol. The zero-order valence-electron chi connectivity index (χ0n) is 14.7. The second-order valence-electron chi connectivity index (χ2n) is 6.34. The van der Waals surface area contributed by atoms with Gasteiger partial charge in [0.2, 0.25) is 11.8 Å². The van der Waals surface area contributed by atoms with Crippen LogP contribution in [-0.2, 0) is 11.3 Å². The highest BCUT2D eigenvalue weighted by atomic mass is 19.1. The summed E-state index contributed by atoms with van der Waals surface area (Å²) in [5, 5.41) is 2.93. The fourth-order valence-electron chi connectivity index (χ4n) is 2.88. The highest BCUT2D eigenvalue weighted by Crippen LogP contribution is 2.20. The molecule has 1 aromatic heterocycles. The summed E-state index contributed by atoms with van der Waals surface area (Å²) in [6, 6.07) is 9.42. The Bertz CT molecular complexity index is 739. The predicted molar refractivity (Wildman–Crippen MR) is 95.9 cm³/mol. The average molecular weight is 358 g/mol. The van der Waals surface area contributed by atoms with E-state index in [2.05, 4.69) is 28.1 Å². The molecule has 0 saturated carbocycles. The predicted octanol–water partition coefficient (Wildman–Crippen LogP) is 2.66. The average Bonchev–Trinajstić information content (AvgIpc) is 3.11. The first-order valence-electron chi connectivity index (χ1n) is 8.81. The van der Waals surface area contributed by atoms with Crippen molar-refractivity contribution < 1.29 is 13.9 Å². The minimum atomic E-state index is -0.321.